The molecule has 1 aliphatic rings. The molecule has 0 bridgehead atoms. The molecule has 8 nitrogen and oxygen atoms in total. The Morgan fingerprint density at radius 1 is 0.968 bits per heavy atom. The van der Waals surface area contributed by atoms with Crippen LogP contribution in [0, 0.1) is 0 Å². The summed E-state index contributed by atoms with van der Waals surface area (Å²) in [6, 6.07) is 6.56. The first-order chi connectivity index (χ1) is 14.8. The maximum absolute atomic E-state index is 12.8. The van der Waals surface area contributed by atoms with Gasteiger partial charge in [-0.3, -0.25) is 0 Å². The number of nitrogens with two attached hydrogens (primary N) is 1. The van der Waals surface area contributed by atoms with E-state index in [1.54, 1.807) is 6.20 Å². The van der Waals surface area contributed by atoms with Gasteiger partial charge in [-0.2, -0.15) is 13.2 Å². The summed E-state index contributed by atoms with van der Waals surface area (Å²) in [5, 5.41) is 2.60. The fourth-order valence-electron chi connectivity index (χ4n) is 3.22. The number of hydrogen-bond donors (Lipinski definition) is 2. The van der Waals surface area contributed by atoms with Crippen molar-refractivity contribution in [3.8, 4) is 0 Å². The van der Waals surface area contributed by atoms with Crippen LogP contribution in [-0.2, 0) is 6.18 Å². The van der Waals surface area contributed by atoms with E-state index in [1.165, 1.54) is 6.33 Å². The van der Waals surface area contributed by atoms with E-state index in [1.807, 2.05) is 23.1 Å². The largest absolute Gasteiger partial charge is 0.417 e. The van der Waals surface area contributed by atoms with Crippen molar-refractivity contribution in [2.24, 2.45) is 0 Å². The van der Waals surface area contributed by atoms with Crippen molar-refractivity contribution in [2.75, 3.05) is 47.0 Å². The van der Waals surface area contributed by atoms with Gasteiger partial charge in [-0.05, 0) is 18.2 Å². The Labute approximate surface area is 180 Å². The maximum atomic E-state index is 12.8. The number of rotatable bonds is 4. The number of nitrogens with one attached hydrogen (secondary N) is 1. The molecule has 31 heavy (non-hydrogen) atoms. The molecule has 3 N–H and O–H groups in total. The molecule has 3 aromatic heterocycles. The third-order valence-corrected chi connectivity index (χ3v) is 5.11. The number of alkyl halides is 3. The van der Waals surface area contributed by atoms with Crippen molar-refractivity contribution in [3.63, 3.8) is 0 Å². The number of aromatic nitrogens is 4. The normalized spacial score (nSPS) is 14.6. The van der Waals surface area contributed by atoms with Gasteiger partial charge in [0.1, 0.15) is 23.7 Å². The first-order valence-corrected chi connectivity index (χ1v) is 9.72. The zero-order valence-electron chi connectivity index (χ0n) is 16.1. The number of pyridine rings is 2. The minimum absolute atomic E-state index is 0.0194. The lowest BCUT2D eigenvalue weighted by atomic mass is 10.2. The Kier molecular flexibility index (Phi) is 5.68. The second-order valence-corrected chi connectivity index (χ2v) is 7.21. The Balaban J connectivity index is 1.49. The van der Waals surface area contributed by atoms with E-state index in [9.17, 15) is 13.2 Å². The van der Waals surface area contributed by atoms with E-state index in [-0.39, 0.29) is 22.3 Å². The highest BCUT2D eigenvalue weighted by Crippen LogP contribution is 2.35. The molecule has 0 aliphatic carbocycles. The highest BCUT2D eigenvalue weighted by Gasteiger charge is 2.31. The molecule has 1 saturated heterocycles. The predicted octanol–water partition coefficient (Wildman–Crippen LogP) is 3.59. The van der Waals surface area contributed by atoms with Crippen molar-refractivity contribution in [1.82, 2.24) is 19.9 Å². The number of nitrogen functional groups attached to an aromatic ring is 1. The van der Waals surface area contributed by atoms with Gasteiger partial charge in [-0.15, -0.1) is 0 Å². The summed E-state index contributed by atoms with van der Waals surface area (Å²) >= 11 is 5.97. The highest BCUT2D eigenvalue weighted by atomic mass is 35.5. The number of anilines is 5. The second-order valence-electron chi connectivity index (χ2n) is 6.80. The van der Waals surface area contributed by atoms with Gasteiger partial charge in [0, 0.05) is 38.6 Å². The molecule has 0 saturated carbocycles. The number of piperazine rings is 1. The molecule has 0 radical (unpaired) electrons. The van der Waals surface area contributed by atoms with Crippen LogP contribution in [0.5, 0.6) is 0 Å². The summed E-state index contributed by atoms with van der Waals surface area (Å²) in [4.78, 5) is 20.7. The maximum Gasteiger partial charge on any atom is 0.417 e. The lowest BCUT2D eigenvalue weighted by Crippen LogP contribution is -2.47. The molecule has 0 atom stereocenters. The molecule has 0 amide bonds. The van der Waals surface area contributed by atoms with Gasteiger partial charge in [0.25, 0.3) is 0 Å². The quantitative estimate of drug-likeness (QED) is 0.622. The standard InChI is InChI=1S/C19H18ClF3N8/c20-13-9-12(19(21,22)23)10-26-16(13)29-17-15(24)18(28-11-27-17)31-7-5-30(6-8-31)14-3-1-2-4-25-14/h1-4,9-11H,5-8,24H2,(H,26,27,28,29). The Morgan fingerprint density at radius 2 is 1.71 bits per heavy atom. The Hall–Kier alpha value is -3.34. The van der Waals surface area contributed by atoms with Crippen LogP contribution in [0.2, 0.25) is 5.02 Å². The van der Waals surface area contributed by atoms with Crippen LogP contribution in [0.4, 0.5) is 42.1 Å². The van der Waals surface area contributed by atoms with Crippen molar-refractivity contribution >= 4 is 40.6 Å². The summed E-state index contributed by atoms with van der Waals surface area (Å²) in [7, 11) is 0. The summed E-state index contributed by atoms with van der Waals surface area (Å²) in [6.45, 7) is 2.79. The van der Waals surface area contributed by atoms with Crippen molar-refractivity contribution < 1.29 is 13.2 Å². The molecular weight excluding hydrogens is 433 g/mol. The minimum atomic E-state index is -4.53. The van der Waals surface area contributed by atoms with Crippen LogP contribution in [0.1, 0.15) is 5.56 Å². The zero-order valence-corrected chi connectivity index (χ0v) is 16.9. The van der Waals surface area contributed by atoms with Gasteiger partial charge in [-0.25, -0.2) is 19.9 Å². The molecule has 1 fully saturated rings. The molecule has 1 aliphatic heterocycles. The van der Waals surface area contributed by atoms with Crippen LogP contribution in [-0.4, -0.2) is 46.1 Å². The molecule has 3 aromatic rings. The molecular formula is C19H18ClF3N8. The predicted molar refractivity (Wildman–Crippen MR) is 113 cm³/mol. The molecule has 0 unspecified atom stereocenters. The molecule has 12 heteroatoms. The molecule has 162 valence electrons. The van der Waals surface area contributed by atoms with Gasteiger partial charge in [0.15, 0.2) is 11.6 Å². The summed E-state index contributed by atoms with van der Waals surface area (Å²) in [6.07, 6.45) is -0.753. The number of nitrogens with zero attached hydrogens (tertiary/aromatic N) is 6. The van der Waals surface area contributed by atoms with Crippen LogP contribution < -0.4 is 20.9 Å². The smallest absolute Gasteiger partial charge is 0.393 e. The summed E-state index contributed by atoms with van der Waals surface area (Å²) < 4.78 is 38.4. The molecule has 4 heterocycles. The van der Waals surface area contributed by atoms with E-state index in [2.05, 4.69) is 30.2 Å². The Bertz CT molecular complexity index is 1060. The third kappa shape index (κ3) is 4.55. The average Bonchev–Trinajstić information content (AvgIpc) is 2.76. The van der Waals surface area contributed by atoms with E-state index in [0.717, 1.165) is 25.0 Å². The third-order valence-electron chi connectivity index (χ3n) is 4.82. The van der Waals surface area contributed by atoms with E-state index in [4.69, 9.17) is 17.3 Å². The van der Waals surface area contributed by atoms with E-state index in [0.29, 0.717) is 25.1 Å². The van der Waals surface area contributed by atoms with Crippen molar-refractivity contribution in [3.05, 3.63) is 53.6 Å². The summed E-state index contributed by atoms with van der Waals surface area (Å²) in [5.41, 5.74) is 5.57. The fraction of sp³-hybridized carbons (Fsp3) is 0.263. The monoisotopic (exact) mass is 450 g/mol. The number of hydrogen-bond acceptors (Lipinski definition) is 8. The van der Waals surface area contributed by atoms with E-state index >= 15 is 0 Å². The fourth-order valence-corrected chi connectivity index (χ4v) is 3.44. The minimum Gasteiger partial charge on any atom is -0.393 e. The molecule has 0 spiro atoms. The van der Waals surface area contributed by atoms with Crippen molar-refractivity contribution in [2.45, 2.75) is 6.18 Å². The van der Waals surface area contributed by atoms with Crippen LogP contribution in [0.3, 0.4) is 0 Å². The van der Waals surface area contributed by atoms with Gasteiger partial charge in [0.05, 0.1) is 10.6 Å². The van der Waals surface area contributed by atoms with Crippen LogP contribution >= 0.6 is 11.6 Å². The Morgan fingerprint density at radius 3 is 2.35 bits per heavy atom. The van der Waals surface area contributed by atoms with Gasteiger partial charge in [-0.1, -0.05) is 17.7 Å². The zero-order chi connectivity index (χ0) is 22.0. The SMILES string of the molecule is Nc1c(Nc2ncc(C(F)(F)F)cc2Cl)ncnc1N1CCN(c2ccccn2)CC1. The van der Waals surface area contributed by atoms with Gasteiger partial charge >= 0.3 is 6.18 Å². The van der Waals surface area contributed by atoms with Crippen LogP contribution in [0.15, 0.2) is 43.0 Å². The van der Waals surface area contributed by atoms with Gasteiger partial charge in [0.2, 0.25) is 0 Å². The summed E-state index contributed by atoms with van der Waals surface area (Å²) in [5.74, 6) is 1.67. The molecule has 4 rings (SSSR count). The highest BCUT2D eigenvalue weighted by molar-refractivity contribution is 6.33. The first-order valence-electron chi connectivity index (χ1n) is 9.34. The first kappa shape index (κ1) is 20.9. The lowest BCUT2D eigenvalue weighted by molar-refractivity contribution is -0.137. The molecule has 0 aromatic carbocycles. The van der Waals surface area contributed by atoms with Gasteiger partial charge < -0.3 is 20.9 Å². The lowest BCUT2D eigenvalue weighted by Gasteiger charge is -2.36. The van der Waals surface area contributed by atoms with Crippen LogP contribution in [0.25, 0.3) is 0 Å². The average molecular weight is 451 g/mol. The second kappa shape index (κ2) is 8.42. The number of halogens is 4. The van der Waals surface area contributed by atoms with Crippen molar-refractivity contribution in [1.29, 1.82) is 0 Å². The topological polar surface area (TPSA) is 96.1 Å². The van der Waals surface area contributed by atoms with E-state index < -0.39 is 11.7 Å².